The van der Waals surface area contributed by atoms with Crippen LogP contribution in [0.15, 0.2) is 0 Å². The zero-order valence-electron chi connectivity index (χ0n) is 11.9. The summed E-state index contributed by atoms with van der Waals surface area (Å²) in [5, 5.41) is 2.61. The lowest BCUT2D eigenvalue weighted by Gasteiger charge is -2.31. The lowest BCUT2D eigenvalue weighted by Crippen LogP contribution is -2.49. The fourth-order valence-corrected chi connectivity index (χ4v) is 5.23. The first kappa shape index (κ1) is 14.3. The van der Waals surface area contributed by atoms with Gasteiger partial charge in [-0.2, -0.15) is 0 Å². The van der Waals surface area contributed by atoms with Gasteiger partial charge in [0, 0.05) is 30.2 Å². The van der Waals surface area contributed by atoms with Crippen LogP contribution in [0.1, 0.15) is 38.5 Å². The van der Waals surface area contributed by atoms with Crippen LogP contribution in [0.4, 0.5) is 0 Å². The van der Waals surface area contributed by atoms with Crippen molar-refractivity contribution in [1.82, 2.24) is 5.32 Å². The highest BCUT2D eigenvalue weighted by Gasteiger charge is 2.60. The lowest BCUT2D eigenvalue weighted by molar-refractivity contribution is -0.124. The Balaban J connectivity index is 1.63. The summed E-state index contributed by atoms with van der Waals surface area (Å²) in [4.78, 5) is 12.3. The third kappa shape index (κ3) is 2.60. The quantitative estimate of drug-likeness (QED) is 0.840. The van der Waals surface area contributed by atoms with Gasteiger partial charge in [-0.3, -0.25) is 4.79 Å². The molecule has 1 N–H and O–H groups in total. The number of sulfone groups is 1. The zero-order chi connectivity index (χ0) is 14.4. The van der Waals surface area contributed by atoms with Crippen LogP contribution in [0.25, 0.3) is 0 Å². The first-order valence-corrected chi connectivity index (χ1v) is 9.45. The molecule has 5 nitrogen and oxygen atoms in total. The Morgan fingerprint density at radius 3 is 2.70 bits per heavy atom. The third-order valence-electron chi connectivity index (χ3n) is 5.22. The average molecular weight is 301 g/mol. The number of carbonyl (C=O) groups is 1. The number of hydrogen-bond acceptors (Lipinski definition) is 4. The Morgan fingerprint density at radius 1 is 1.30 bits per heavy atom. The van der Waals surface area contributed by atoms with Crippen LogP contribution >= 0.6 is 0 Å². The second kappa shape index (κ2) is 4.98. The SMILES string of the molecule is CS(=O)(=O)[C@@H]1CCCC[C@H]1NC(=O)C1CC12CCOC2. The van der Waals surface area contributed by atoms with Gasteiger partial charge < -0.3 is 10.1 Å². The maximum atomic E-state index is 12.3. The number of amides is 1. The maximum absolute atomic E-state index is 12.3. The summed E-state index contributed by atoms with van der Waals surface area (Å²) < 4.78 is 29.1. The average Bonchev–Trinajstić information content (AvgIpc) is 2.87. The molecule has 3 aliphatic rings. The van der Waals surface area contributed by atoms with Crippen LogP contribution in [0, 0.1) is 11.3 Å². The molecule has 1 saturated heterocycles. The second-order valence-corrected chi connectivity index (χ2v) is 8.95. The van der Waals surface area contributed by atoms with Gasteiger partial charge in [-0.15, -0.1) is 0 Å². The van der Waals surface area contributed by atoms with Crippen molar-refractivity contribution in [2.75, 3.05) is 19.5 Å². The summed E-state index contributed by atoms with van der Waals surface area (Å²) in [6.45, 7) is 1.43. The van der Waals surface area contributed by atoms with E-state index in [0.29, 0.717) is 13.0 Å². The van der Waals surface area contributed by atoms with Crippen molar-refractivity contribution in [3.05, 3.63) is 0 Å². The van der Waals surface area contributed by atoms with Gasteiger partial charge in [-0.25, -0.2) is 8.42 Å². The molecule has 6 heteroatoms. The molecule has 0 bridgehead atoms. The van der Waals surface area contributed by atoms with Crippen molar-refractivity contribution < 1.29 is 17.9 Å². The van der Waals surface area contributed by atoms with E-state index < -0.39 is 15.1 Å². The second-order valence-electron chi connectivity index (χ2n) is 6.69. The normalized spacial score (nSPS) is 40.8. The Bertz CT molecular complexity index is 495. The molecule has 2 aliphatic carbocycles. The fourth-order valence-electron chi connectivity index (χ4n) is 3.83. The summed E-state index contributed by atoms with van der Waals surface area (Å²) in [5.41, 5.74) is 0.0688. The van der Waals surface area contributed by atoms with E-state index in [9.17, 15) is 13.2 Å². The first-order valence-electron chi connectivity index (χ1n) is 7.49. The van der Waals surface area contributed by atoms with Gasteiger partial charge >= 0.3 is 0 Å². The van der Waals surface area contributed by atoms with E-state index in [4.69, 9.17) is 4.74 Å². The number of hydrogen-bond donors (Lipinski definition) is 1. The number of ether oxygens (including phenoxy) is 1. The van der Waals surface area contributed by atoms with Crippen molar-refractivity contribution in [3.63, 3.8) is 0 Å². The van der Waals surface area contributed by atoms with Crippen molar-refractivity contribution >= 4 is 15.7 Å². The van der Waals surface area contributed by atoms with Gasteiger partial charge in [-0.05, 0) is 25.7 Å². The molecule has 1 amide bonds. The molecule has 0 aromatic carbocycles. The van der Waals surface area contributed by atoms with Crippen molar-refractivity contribution in [2.45, 2.75) is 49.8 Å². The molecule has 114 valence electrons. The third-order valence-corrected chi connectivity index (χ3v) is 6.88. The number of nitrogens with one attached hydrogen (secondary N) is 1. The summed E-state index contributed by atoms with van der Waals surface area (Å²) in [6, 6.07) is -0.203. The van der Waals surface area contributed by atoms with Crippen molar-refractivity contribution in [2.24, 2.45) is 11.3 Å². The standard InChI is InChI=1S/C14H23NO4S/c1-20(17,18)12-5-3-2-4-11(12)15-13(16)10-8-14(10)6-7-19-9-14/h10-12H,2-9H2,1H3,(H,15,16)/t10?,11-,12-,14?/m1/s1. The molecule has 2 unspecified atom stereocenters. The molecule has 1 heterocycles. The van der Waals surface area contributed by atoms with Crippen LogP contribution in [-0.2, 0) is 19.4 Å². The number of carbonyl (C=O) groups excluding carboxylic acids is 1. The summed E-state index contributed by atoms with van der Waals surface area (Å²) in [6.07, 6.45) is 6.52. The molecule has 2 saturated carbocycles. The first-order chi connectivity index (χ1) is 9.42. The Morgan fingerprint density at radius 2 is 2.05 bits per heavy atom. The van der Waals surface area contributed by atoms with Gasteiger partial charge in [-0.1, -0.05) is 12.8 Å². The molecule has 20 heavy (non-hydrogen) atoms. The predicted molar refractivity (Wildman–Crippen MR) is 75.0 cm³/mol. The zero-order valence-corrected chi connectivity index (χ0v) is 12.7. The van der Waals surface area contributed by atoms with Gasteiger partial charge in [0.25, 0.3) is 0 Å². The minimum absolute atomic E-state index is 0.0344. The summed E-state index contributed by atoms with van der Waals surface area (Å²) >= 11 is 0. The van der Waals surface area contributed by atoms with E-state index in [0.717, 1.165) is 38.7 Å². The molecule has 0 aromatic rings. The fraction of sp³-hybridized carbons (Fsp3) is 0.929. The van der Waals surface area contributed by atoms with Crippen LogP contribution in [0.5, 0.6) is 0 Å². The van der Waals surface area contributed by atoms with E-state index in [-0.39, 0.29) is 23.3 Å². The molecule has 1 spiro atoms. The van der Waals surface area contributed by atoms with E-state index in [1.54, 1.807) is 0 Å². The highest BCUT2D eigenvalue weighted by Crippen LogP contribution is 2.58. The highest BCUT2D eigenvalue weighted by molar-refractivity contribution is 7.91. The molecule has 1 aliphatic heterocycles. The van der Waals surface area contributed by atoms with E-state index in [2.05, 4.69) is 5.32 Å². The highest BCUT2D eigenvalue weighted by atomic mass is 32.2. The predicted octanol–water partition coefficient (Wildman–Crippen LogP) is 0.885. The minimum Gasteiger partial charge on any atom is -0.381 e. The van der Waals surface area contributed by atoms with Gasteiger partial charge in [0.15, 0.2) is 9.84 Å². The van der Waals surface area contributed by atoms with Gasteiger partial charge in [0.1, 0.15) is 0 Å². The van der Waals surface area contributed by atoms with Gasteiger partial charge in [0.05, 0.1) is 11.9 Å². The van der Waals surface area contributed by atoms with Crippen LogP contribution in [0.3, 0.4) is 0 Å². The van der Waals surface area contributed by atoms with E-state index in [1.165, 1.54) is 6.26 Å². The monoisotopic (exact) mass is 301 g/mol. The minimum atomic E-state index is -3.09. The molecular formula is C14H23NO4S. The van der Waals surface area contributed by atoms with Crippen LogP contribution in [-0.4, -0.2) is 45.1 Å². The Hall–Kier alpha value is -0.620. The topological polar surface area (TPSA) is 72.5 Å². The Kier molecular flexibility index (Phi) is 3.57. The smallest absolute Gasteiger partial charge is 0.224 e. The van der Waals surface area contributed by atoms with Crippen molar-refractivity contribution in [1.29, 1.82) is 0 Å². The molecule has 3 fully saturated rings. The molecule has 3 rings (SSSR count). The largest absolute Gasteiger partial charge is 0.381 e. The lowest BCUT2D eigenvalue weighted by atomic mass is 9.94. The van der Waals surface area contributed by atoms with E-state index >= 15 is 0 Å². The maximum Gasteiger partial charge on any atom is 0.224 e. The molecular weight excluding hydrogens is 278 g/mol. The van der Waals surface area contributed by atoms with E-state index in [1.807, 2.05) is 0 Å². The van der Waals surface area contributed by atoms with Gasteiger partial charge in [0.2, 0.25) is 5.91 Å². The van der Waals surface area contributed by atoms with Crippen LogP contribution < -0.4 is 5.32 Å². The van der Waals surface area contributed by atoms with Crippen LogP contribution in [0.2, 0.25) is 0 Å². The summed E-state index contributed by atoms with van der Waals surface area (Å²) in [7, 11) is -3.09. The number of rotatable bonds is 3. The summed E-state index contributed by atoms with van der Waals surface area (Å²) in [5.74, 6) is 0.0724. The molecule has 4 atom stereocenters. The molecule has 0 aromatic heterocycles. The Labute approximate surface area is 120 Å². The molecule has 0 radical (unpaired) electrons. The van der Waals surface area contributed by atoms with Crippen molar-refractivity contribution in [3.8, 4) is 0 Å².